The molecule has 1 fully saturated rings. The van der Waals surface area contributed by atoms with Crippen LogP contribution in [0.25, 0.3) is 0 Å². The van der Waals surface area contributed by atoms with E-state index in [1.54, 1.807) is 0 Å². The molecule has 0 radical (unpaired) electrons. The molecule has 1 unspecified atom stereocenters. The molecule has 0 saturated carbocycles. The summed E-state index contributed by atoms with van der Waals surface area (Å²) in [6.45, 7) is 5.08. The fourth-order valence-corrected chi connectivity index (χ4v) is 2.48. The van der Waals surface area contributed by atoms with Crippen molar-refractivity contribution in [1.82, 2.24) is 4.90 Å². The fraction of sp³-hybridized carbons (Fsp3) is 1.00. The Morgan fingerprint density at radius 2 is 2.08 bits per heavy atom. The van der Waals surface area contributed by atoms with Crippen molar-refractivity contribution < 1.29 is 9.32 Å². The van der Waals surface area contributed by atoms with E-state index in [2.05, 4.69) is 4.90 Å². The van der Waals surface area contributed by atoms with Gasteiger partial charge < -0.3 is 10.0 Å². The summed E-state index contributed by atoms with van der Waals surface area (Å²) in [5, 5.41) is 8.83. The SMILES string of the molecule is CC(CO)CN1CCS(=O)CC1. The van der Waals surface area contributed by atoms with E-state index < -0.39 is 10.8 Å². The van der Waals surface area contributed by atoms with E-state index in [0.717, 1.165) is 31.1 Å². The first kappa shape index (κ1) is 10.2. The van der Waals surface area contributed by atoms with E-state index >= 15 is 0 Å². The Bertz CT molecular complexity index is 153. The molecule has 0 aromatic rings. The van der Waals surface area contributed by atoms with Crippen LogP contribution in [-0.4, -0.2) is 52.0 Å². The maximum Gasteiger partial charge on any atom is 0.0468 e. The van der Waals surface area contributed by atoms with Crippen LogP contribution < -0.4 is 0 Å². The third-order valence-electron chi connectivity index (χ3n) is 2.15. The van der Waals surface area contributed by atoms with Crippen LogP contribution in [0.4, 0.5) is 0 Å². The summed E-state index contributed by atoms with van der Waals surface area (Å²) in [7, 11) is -0.582. The molecular formula is C8H17NO2S. The summed E-state index contributed by atoms with van der Waals surface area (Å²) in [5.74, 6) is 1.95. The standard InChI is InChI=1S/C8H17NO2S/c1-8(7-10)6-9-2-4-12(11)5-3-9/h8,10H,2-7H2,1H3. The first-order valence-corrected chi connectivity index (χ1v) is 5.89. The molecule has 0 aromatic carbocycles. The number of hydrogen-bond acceptors (Lipinski definition) is 3. The number of nitrogens with zero attached hydrogens (tertiary/aromatic N) is 1. The van der Waals surface area contributed by atoms with Gasteiger partial charge in [-0.25, -0.2) is 0 Å². The molecule has 1 aliphatic heterocycles. The molecule has 1 heterocycles. The highest BCUT2D eigenvalue weighted by atomic mass is 32.2. The molecule has 1 atom stereocenters. The quantitative estimate of drug-likeness (QED) is 0.664. The molecule has 3 nitrogen and oxygen atoms in total. The predicted molar refractivity (Wildman–Crippen MR) is 50.6 cm³/mol. The van der Waals surface area contributed by atoms with Gasteiger partial charge in [-0.3, -0.25) is 4.21 Å². The molecule has 4 heteroatoms. The largest absolute Gasteiger partial charge is 0.396 e. The second-order valence-corrected chi connectivity index (χ2v) is 5.13. The predicted octanol–water partition coefficient (Wildman–Crippen LogP) is -0.321. The normalized spacial score (nSPS) is 24.2. The number of aliphatic hydroxyl groups excluding tert-OH is 1. The lowest BCUT2D eigenvalue weighted by Crippen LogP contribution is -2.40. The Morgan fingerprint density at radius 3 is 2.58 bits per heavy atom. The van der Waals surface area contributed by atoms with Crippen molar-refractivity contribution in [3.63, 3.8) is 0 Å². The molecule has 1 aliphatic rings. The molecular weight excluding hydrogens is 174 g/mol. The average molecular weight is 191 g/mol. The van der Waals surface area contributed by atoms with E-state index in [1.807, 2.05) is 6.92 Å². The highest BCUT2D eigenvalue weighted by Gasteiger charge is 2.16. The molecule has 1 saturated heterocycles. The lowest BCUT2D eigenvalue weighted by molar-refractivity contribution is 0.180. The zero-order chi connectivity index (χ0) is 8.97. The summed E-state index contributed by atoms with van der Waals surface area (Å²) >= 11 is 0. The van der Waals surface area contributed by atoms with Gasteiger partial charge in [0.15, 0.2) is 0 Å². The summed E-state index contributed by atoms with van der Waals surface area (Å²) in [5.41, 5.74) is 0. The van der Waals surface area contributed by atoms with Crippen LogP contribution in [0.15, 0.2) is 0 Å². The molecule has 72 valence electrons. The van der Waals surface area contributed by atoms with Gasteiger partial charge in [0.25, 0.3) is 0 Å². The van der Waals surface area contributed by atoms with E-state index in [-0.39, 0.29) is 6.61 Å². The second kappa shape index (κ2) is 4.94. The van der Waals surface area contributed by atoms with Crippen LogP contribution in [0.2, 0.25) is 0 Å². The van der Waals surface area contributed by atoms with E-state index in [1.165, 1.54) is 0 Å². The number of rotatable bonds is 3. The maximum atomic E-state index is 11.0. The minimum Gasteiger partial charge on any atom is -0.396 e. The highest BCUT2D eigenvalue weighted by Crippen LogP contribution is 2.03. The molecule has 1 N–H and O–H groups in total. The fourth-order valence-electron chi connectivity index (χ4n) is 1.36. The van der Waals surface area contributed by atoms with Crippen molar-refractivity contribution in [1.29, 1.82) is 0 Å². The van der Waals surface area contributed by atoms with Gasteiger partial charge in [-0.15, -0.1) is 0 Å². The Labute approximate surface area is 76.2 Å². The van der Waals surface area contributed by atoms with Crippen LogP contribution in [0, 0.1) is 5.92 Å². The van der Waals surface area contributed by atoms with Crippen LogP contribution in [0.5, 0.6) is 0 Å². The van der Waals surface area contributed by atoms with Gasteiger partial charge in [0.05, 0.1) is 0 Å². The lowest BCUT2D eigenvalue weighted by Gasteiger charge is -2.27. The van der Waals surface area contributed by atoms with Gasteiger partial charge in [0.2, 0.25) is 0 Å². The molecule has 0 amide bonds. The van der Waals surface area contributed by atoms with Gasteiger partial charge in [0, 0.05) is 48.5 Å². The maximum absolute atomic E-state index is 11.0. The van der Waals surface area contributed by atoms with Gasteiger partial charge in [-0.05, 0) is 5.92 Å². The molecule has 0 bridgehead atoms. The van der Waals surface area contributed by atoms with Crippen molar-refractivity contribution in [2.24, 2.45) is 5.92 Å². The Morgan fingerprint density at radius 1 is 1.50 bits per heavy atom. The second-order valence-electron chi connectivity index (χ2n) is 3.44. The topological polar surface area (TPSA) is 40.5 Å². The third kappa shape index (κ3) is 3.21. The van der Waals surface area contributed by atoms with Crippen LogP contribution >= 0.6 is 0 Å². The monoisotopic (exact) mass is 191 g/mol. The van der Waals surface area contributed by atoms with E-state index in [0.29, 0.717) is 5.92 Å². The Hall–Kier alpha value is 0.0700. The van der Waals surface area contributed by atoms with Gasteiger partial charge >= 0.3 is 0 Å². The minimum absolute atomic E-state index is 0.250. The van der Waals surface area contributed by atoms with Crippen molar-refractivity contribution in [3.05, 3.63) is 0 Å². The van der Waals surface area contributed by atoms with Crippen molar-refractivity contribution in [2.45, 2.75) is 6.92 Å². The zero-order valence-electron chi connectivity index (χ0n) is 7.53. The lowest BCUT2D eigenvalue weighted by atomic mass is 10.2. The highest BCUT2D eigenvalue weighted by molar-refractivity contribution is 7.85. The van der Waals surface area contributed by atoms with E-state index in [9.17, 15) is 4.21 Å². The number of aliphatic hydroxyl groups is 1. The Kier molecular flexibility index (Phi) is 4.18. The summed E-state index contributed by atoms with van der Waals surface area (Å²) in [4.78, 5) is 2.28. The average Bonchev–Trinajstić information content (AvgIpc) is 2.09. The molecule has 12 heavy (non-hydrogen) atoms. The first-order valence-electron chi connectivity index (χ1n) is 4.40. The van der Waals surface area contributed by atoms with Crippen LogP contribution in [-0.2, 0) is 10.8 Å². The molecule has 0 aromatic heterocycles. The molecule has 1 rings (SSSR count). The summed E-state index contributed by atoms with van der Waals surface area (Å²) < 4.78 is 11.0. The first-order chi connectivity index (χ1) is 5.72. The van der Waals surface area contributed by atoms with Crippen molar-refractivity contribution in [2.75, 3.05) is 37.7 Å². The molecule has 0 aliphatic carbocycles. The smallest absolute Gasteiger partial charge is 0.0468 e. The van der Waals surface area contributed by atoms with Crippen LogP contribution in [0.1, 0.15) is 6.92 Å². The van der Waals surface area contributed by atoms with Gasteiger partial charge in [-0.2, -0.15) is 0 Å². The minimum atomic E-state index is -0.582. The number of hydrogen-bond donors (Lipinski definition) is 1. The van der Waals surface area contributed by atoms with E-state index in [4.69, 9.17) is 5.11 Å². The zero-order valence-corrected chi connectivity index (χ0v) is 8.35. The van der Waals surface area contributed by atoms with Crippen molar-refractivity contribution in [3.8, 4) is 0 Å². The third-order valence-corrected chi connectivity index (χ3v) is 3.43. The van der Waals surface area contributed by atoms with Gasteiger partial charge in [-0.1, -0.05) is 6.92 Å². The van der Waals surface area contributed by atoms with Crippen molar-refractivity contribution >= 4 is 10.8 Å². The summed E-state index contributed by atoms with van der Waals surface area (Å²) in [6, 6.07) is 0. The van der Waals surface area contributed by atoms with Gasteiger partial charge in [0.1, 0.15) is 0 Å². The molecule has 0 spiro atoms. The summed E-state index contributed by atoms with van der Waals surface area (Å²) in [6.07, 6.45) is 0. The van der Waals surface area contributed by atoms with Crippen LogP contribution in [0.3, 0.4) is 0 Å². The Balaban J connectivity index is 2.21.